The minimum absolute atomic E-state index is 0.00394. The van der Waals surface area contributed by atoms with Gasteiger partial charge in [-0.2, -0.15) is 0 Å². The Balaban J connectivity index is 2.07. The molecule has 1 aromatic heterocycles. The van der Waals surface area contributed by atoms with Gasteiger partial charge >= 0.3 is 0 Å². The minimum atomic E-state index is 0.00394. The predicted molar refractivity (Wildman–Crippen MR) is 87.0 cm³/mol. The standard InChI is InChI=1S/C17H23N3O/c1-12(2)9-13(11-18)10-16(21)20-15-7-3-5-14-6-4-8-19-17(14)15/h3-8,12-13H,9-11,18H2,1-2H3,(H,20,21). The van der Waals surface area contributed by atoms with Crippen LogP contribution in [-0.2, 0) is 4.79 Å². The highest BCUT2D eigenvalue weighted by atomic mass is 16.1. The summed E-state index contributed by atoms with van der Waals surface area (Å²) in [5.74, 6) is 0.780. The number of carbonyl (C=O) groups is 1. The lowest BCUT2D eigenvalue weighted by molar-refractivity contribution is -0.117. The van der Waals surface area contributed by atoms with Gasteiger partial charge in [0.15, 0.2) is 0 Å². The molecule has 1 heterocycles. The van der Waals surface area contributed by atoms with E-state index in [1.807, 2.05) is 30.3 Å². The fourth-order valence-electron chi connectivity index (χ4n) is 2.60. The number of rotatable bonds is 6. The number of anilines is 1. The number of amides is 1. The maximum atomic E-state index is 12.2. The molecule has 0 aliphatic carbocycles. The van der Waals surface area contributed by atoms with E-state index < -0.39 is 0 Å². The number of para-hydroxylation sites is 1. The molecule has 0 bridgehead atoms. The van der Waals surface area contributed by atoms with Crippen molar-refractivity contribution in [2.75, 3.05) is 11.9 Å². The summed E-state index contributed by atoms with van der Waals surface area (Å²) in [6.45, 7) is 4.84. The van der Waals surface area contributed by atoms with Gasteiger partial charge in [-0.3, -0.25) is 9.78 Å². The first-order valence-corrected chi connectivity index (χ1v) is 7.43. The van der Waals surface area contributed by atoms with Gasteiger partial charge in [-0.05, 0) is 36.9 Å². The molecule has 0 aliphatic rings. The highest BCUT2D eigenvalue weighted by Gasteiger charge is 2.15. The molecule has 112 valence electrons. The number of nitrogens with zero attached hydrogens (tertiary/aromatic N) is 1. The number of aromatic nitrogens is 1. The summed E-state index contributed by atoms with van der Waals surface area (Å²) >= 11 is 0. The second kappa shape index (κ2) is 7.18. The second-order valence-corrected chi connectivity index (χ2v) is 5.86. The summed E-state index contributed by atoms with van der Waals surface area (Å²) in [6.07, 6.45) is 3.16. The molecule has 0 saturated heterocycles. The highest BCUT2D eigenvalue weighted by molar-refractivity contribution is 6.00. The summed E-state index contributed by atoms with van der Waals surface area (Å²) in [5.41, 5.74) is 7.34. The second-order valence-electron chi connectivity index (χ2n) is 5.86. The lowest BCUT2D eigenvalue weighted by atomic mass is 9.94. The van der Waals surface area contributed by atoms with Crippen molar-refractivity contribution in [3.8, 4) is 0 Å². The van der Waals surface area contributed by atoms with E-state index in [0.717, 1.165) is 23.0 Å². The lowest BCUT2D eigenvalue weighted by Crippen LogP contribution is -2.23. The molecule has 4 heteroatoms. The minimum Gasteiger partial charge on any atom is -0.330 e. The molecule has 1 atom stereocenters. The van der Waals surface area contributed by atoms with Crippen molar-refractivity contribution in [2.45, 2.75) is 26.7 Å². The number of hydrogen-bond donors (Lipinski definition) is 2. The smallest absolute Gasteiger partial charge is 0.224 e. The maximum Gasteiger partial charge on any atom is 0.224 e. The Labute approximate surface area is 125 Å². The lowest BCUT2D eigenvalue weighted by Gasteiger charge is -2.16. The van der Waals surface area contributed by atoms with Crippen LogP contribution in [0.4, 0.5) is 5.69 Å². The third-order valence-electron chi connectivity index (χ3n) is 3.52. The number of pyridine rings is 1. The third-order valence-corrected chi connectivity index (χ3v) is 3.52. The van der Waals surface area contributed by atoms with Gasteiger partial charge in [0.2, 0.25) is 5.91 Å². The monoisotopic (exact) mass is 285 g/mol. The van der Waals surface area contributed by atoms with Crippen LogP contribution in [0.25, 0.3) is 10.9 Å². The van der Waals surface area contributed by atoms with Crippen molar-refractivity contribution in [3.63, 3.8) is 0 Å². The molecule has 1 aromatic carbocycles. The van der Waals surface area contributed by atoms with Crippen molar-refractivity contribution >= 4 is 22.5 Å². The highest BCUT2D eigenvalue weighted by Crippen LogP contribution is 2.22. The van der Waals surface area contributed by atoms with Crippen LogP contribution in [0.3, 0.4) is 0 Å². The van der Waals surface area contributed by atoms with E-state index in [9.17, 15) is 4.79 Å². The predicted octanol–water partition coefficient (Wildman–Crippen LogP) is 3.18. The number of benzene rings is 1. The van der Waals surface area contributed by atoms with Crippen LogP contribution in [0, 0.1) is 11.8 Å². The molecule has 2 aromatic rings. The molecular formula is C17H23N3O. The van der Waals surface area contributed by atoms with Gasteiger partial charge in [-0.25, -0.2) is 0 Å². The topological polar surface area (TPSA) is 68.0 Å². The molecule has 0 fully saturated rings. The molecule has 1 unspecified atom stereocenters. The molecule has 0 spiro atoms. The summed E-state index contributed by atoms with van der Waals surface area (Å²) in [4.78, 5) is 16.6. The van der Waals surface area contributed by atoms with Crippen LogP contribution >= 0.6 is 0 Å². The van der Waals surface area contributed by atoms with Gasteiger partial charge in [0.05, 0.1) is 11.2 Å². The average molecular weight is 285 g/mol. The largest absolute Gasteiger partial charge is 0.330 e. The summed E-state index contributed by atoms with van der Waals surface area (Å²) < 4.78 is 0. The van der Waals surface area contributed by atoms with E-state index >= 15 is 0 Å². The average Bonchev–Trinajstić information content (AvgIpc) is 2.46. The maximum absolute atomic E-state index is 12.2. The number of nitrogens with one attached hydrogen (secondary N) is 1. The summed E-state index contributed by atoms with van der Waals surface area (Å²) in [6, 6.07) is 9.67. The normalized spacial score (nSPS) is 12.6. The van der Waals surface area contributed by atoms with Crippen LogP contribution in [0.15, 0.2) is 36.5 Å². The molecule has 0 aliphatic heterocycles. The number of hydrogen-bond acceptors (Lipinski definition) is 3. The van der Waals surface area contributed by atoms with Gasteiger partial charge in [0.1, 0.15) is 0 Å². The van der Waals surface area contributed by atoms with Crippen LogP contribution < -0.4 is 11.1 Å². The van der Waals surface area contributed by atoms with E-state index in [4.69, 9.17) is 5.73 Å². The van der Waals surface area contributed by atoms with Crippen LogP contribution in [0.2, 0.25) is 0 Å². The molecule has 21 heavy (non-hydrogen) atoms. The molecule has 4 nitrogen and oxygen atoms in total. The van der Waals surface area contributed by atoms with Gasteiger partial charge in [-0.15, -0.1) is 0 Å². The van der Waals surface area contributed by atoms with E-state index in [1.54, 1.807) is 6.20 Å². The van der Waals surface area contributed by atoms with E-state index in [1.165, 1.54) is 0 Å². The van der Waals surface area contributed by atoms with Crippen molar-refractivity contribution in [3.05, 3.63) is 36.5 Å². The number of fused-ring (bicyclic) bond motifs is 1. The Kier molecular flexibility index (Phi) is 5.28. The first-order chi connectivity index (χ1) is 10.1. The van der Waals surface area contributed by atoms with Crippen LogP contribution in [0.5, 0.6) is 0 Å². The summed E-state index contributed by atoms with van der Waals surface area (Å²) in [5, 5.41) is 3.99. The zero-order valence-electron chi connectivity index (χ0n) is 12.7. The fourth-order valence-corrected chi connectivity index (χ4v) is 2.60. The molecule has 2 rings (SSSR count). The first-order valence-electron chi connectivity index (χ1n) is 7.43. The molecule has 0 radical (unpaired) electrons. The Morgan fingerprint density at radius 1 is 1.29 bits per heavy atom. The zero-order chi connectivity index (χ0) is 15.2. The Bertz CT molecular complexity index is 605. The van der Waals surface area contributed by atoms with Crippen LogP contribution in [0.1, 0.15) is 26.7 Å². The van der Waals surface area contributed by atoms with E-state index in [2.05, 4.69) is 24.1 Å². The molecular weight excluding hydrogens is 262 g/mol. The zero-order valence-corrected chi connectivity index (χ0v) is 12.7. The fraction of sp³-hybridized carbons (Fsp3) is 0.412. The van der Waals surface area contributed by atoms with Crippen molar-refractivity contribution in [1.82, 2.24) is 4.98 Å². The number of nitrogens with two attached hydrogens (primary N) is 1. The molecule has 0 saturated carbocycles. The molecule has 3 N–H and O–H groups in total. The van der Waals surface area contributed by atoms with E-state index in [0.29, 0.717) is 18.9 Å². The SMILES string of the molecule is CC(C)CC(CN)CC(=O)Nc1cccc2cccnc12. The Hall–Kier alpha value is -1.94. The van der Waals surface area contributed by atoms with Crippen LogP contribution in [-0.4, -0.2) is 17.4 Å². The van der Waals surface area contributed by atoms with Gasteiger partial charge in [0, 0.05) is 18.0 Å². The van der Waals surface area contributed by atoms with Crippen molar-refractivity contribution in [2.24, 2.45) is 17.6 Å². The first kappa shape index (κ1) is 15.4. The number of carbonyl (C=O) groups excluding carboxylic acids is 1. The Morgan fingerprint density at radius 2 is 2.05 bits per heavy atom. The van der Waals surface area contributed by atoms with Crippen molar-refractivity contribution in [1.29, 1.82) is 0 Å². The Morgan fingerprint density at radius 3 is 2.76 bits per heavy atom. The van der Waals surface area contributed by atoms with Gasteiger partial charge < -0.3 is 11.1 Å². The quantitative estimate of drug-likeness (QED) is 0.856. The summed E-state index contributed by atoms with van der Waals surface area (Å²) in [7, 11) is 0. The van der Waals surface area contributed by atoms with Crippen molar-refractivity contribution < 1.29 is 4.79 Å². The van der Waals surface area contributed by atoms with Gasteiger partial charge in [0.25, 0.3) is 0 Å². The van der Waals surface area contributed by atoms with E-state index in [-0.39, 0.29) is 11.8 Å². The van der Waals surface area contributed by atoms with Gasteiger partial charge in [-0.1, -0.05) is 32.0 Å². The third kappa shape index (κ3) is 4.26. The molecule has 1 amide bonds.